The Morgan fingerprint density at radius 1 is 1.31 bits per heavy atom. The third kappa shape index (κ3) is 4.12. The van der Waals surface area contributed by atoms with Crippen LogP contribution in [0, 0.1) is 12.7 Å². The average molecular weight is 412 g/mol. The number of piperidine rings is 1. The summed E-state index contributed by atoms with van der Waals surface area (Å²) < 4.78 is 13.6. The van der Waals surface area contributed by atoms with Gasteiger partial charge in [-0.3, -0.25) is 14.6 Å². The Labute approximate surface area is 171 Å². The van der Waals surface area contributed by atoms with Crippen molar-refractivity contribution in [3.63, 3.8) is 0 Å². The Morgan fingerprint density at radius 3 is 2.86 bits per heavy atom. The van der Waals surface area contributed by atoms with Crippen LogP contribution in [0.4, 0.5) is 4.39 Å². The molecule has 0 spiro atoms. The van der Waals surface area contributed by atoms with E-state index in [1.807, 2.05) is 17.2 Å². The number of primary amides is 1. The van der Waals surface area contributed by atoms with E-state index in [0.29, 0.717) is 29.7 Å². The molecular weight excluding hydrogens is 391 g/mol. The van der Waals surface area contributed by atoms with Crippen LogP contribution in [-0.4, -0.2) is 39.8 Å². The molecule has 0 radical (unpaired) electrons. The summed E-state index contributed by atoms with van der Waals surface area (Å²) in [4.78, 5) is 35.6. The zero-order valence-corrected chi connectivity index (χ0v) is 16.8. The van der Waals surface area contributed by atoms with Gasteiger partial charge in [0.1, 0.15) is 5.82 Å². The number of nitrogens with two attached hydrogens (primary N) is 1. The molecule has 6 nitrogen and oxygen atoms in total. The molecule has 2 N–H and O–H groups in total. The molecule has 150 valence electrons. The van der Waals surface area contributed by atoms with E-state index in [-0.39, 0.29) is 23.8 Å². The lowest BCUT2D eigenvalue weighted by atomic mass is 9.90. The van der Waals surface area contributed by atoms with Crippen molar-refractivity contribution in [2.75, 3.05) is 13.1 Å². The lowest BCUT2D eigenvalue weighted by molar-refractivity contribution is -0.131. The predicted octanol–water partition coefficient (Wildman–Crippen LogP) is 3.19. The maximum atomic E-state index is 13.6. The molecule has 1 aliphatic rings. The highest BCUT2D eigenvalue weighted by molar-refractivity contribution is 7.09. The molecule has 3 heterocycles. The Balaban J connectivity index is 1.61. The van der Waals surface area contributed by atoms with Crippen LogP contribution < -0.4 is 5.73 Å². The number of aryl methyl sites for hydroxylation is 1. The molecule has 2 amide bonds. The first-order valence-corrected chi connectivity index (χ1v) is 10.4. The Kier molecular flexibility index (Phi) is 5.27. The van der Waals surface area contributed by atoms with Crippen LogP contribution in [0.5, 0.6) is 0 Å². The second kappa shape index (κ2) is 7.87. The van der Waals surface area contributed by atoms with Gasteiger partial charge in [-0.05, 0) is 44.0 Å². The normalized spacial score (nSPS) is 16.9. The minimum atomic E-state index is -0.597. The Bertz CT molecular complexity index is 1100. The Hall–Kier alpha value is -2.87. The molecule has 1 atom stereocenters. The fourth-order valence-corrected chi connectivity index (χ4v) is 4.47. The van der Waals surface area contributed by atoms with E-state index in [9.17, 15) is 14.0 Å². The smallest absolute Gasteiger partial charge is 0.250 e. The van der Waals surface area contributed by atoms with E-state index in [0.717, 1.165) is 23.5 Å². The highest BCUT2D eigenvalue weighted by Gasteiger charge is 2.29. The maximum Gasteiger partial charge on any atom is 0.250 e. The predicted molar refractivity (Wildman–Crippen MR) is 109 cm³/mol. The van der Waals surface area contributed by atoms with Crippen molar-refractivity contribution in [2.45, 2.75) is 32.1 Å². The lowest BCUT2D eigenvalue weighted by Gasteiger charge is -2.33. The molecule has 0 aliphatic carbocycles. The number of likely N-dealkylation sites (tertiary alicyclic amines) is 1. The fourth-order valence-electron chi connectivity index (χ4n) is 3.85. The molecule has 29 heavy (non-hydrogen) atoms. The first-order valence-electron chi connectivity index (χ1n) is 9.49. The topological polar surface area (TPSA) is 89.2 Å². The molecular formula is C21H21FN4O2S. The molecule has 3 aromatic rings. The van der Waals surface area contributed by atoms with Gasteiger partial charge in [-0.25, -0.2) is 9.37 Å². The number of hydrogen-bond acceptors (Lipinski definition) is 5. The Morgan fingerprint density at radius 2 is 2.14 bits per heavy atom. The van der Waals surface area contributed by atoms with Crippen LogP contribution in [0.15, 0.2) is 29.6 Å². The second-order valence-corrected chi connectivity index (χ2v) is 8.40. The van der Waals surface area contributed by atoms with Gasteiger partial charge in [0.2, 0.25) is 5.91 Å². The molecule has 0 saturated carbocycles. The SMILES string of the molecule is Cc1nc(CC(=O)N2CCCC(c3nc4ccc(F)cc4cc3C(N)=O)C2)cs1. The standard InChI is InChI=1S/C21H21FN4O2S/c1-12-24-16(11-29-12)9-19(27)26-6-2-3-13(10-26)20-17(21(23)28)8-14-7-15(22)4-5-18(14)25-20/h4-5,7-8,11,13H,2-3,6,9-10H2,1H3,(H2,23,28). The van der Waals surface area contributed by atoms with E-state index in [4.69, 9.17) is 5.73 Å². The van der Waals surface area contributed by atoms with Crippen LogP contribution in [0.3, 0.4) is 0 Å². The van der Waals surface area contributed by atoms with Gasteiger partial charge in [0.05, 0.1) is 33.9 Å². The van der Waals surface area contributed by atoms with Gasteiger partial charge in [-0.2, -0.15) is 0 Å². The lowest BCUT2D eigenvalue weighted by Crippen LogP contribution is -2.40. The average Bonchev–Trinajstić information content (AvgIpc) is 3.11. The molecule has 2 aromatic heterocycles. The van der Waals surface area contributed by atoms with Crippen molar-refractivity contribution in [2.24, 2.45) is 5.73 Å². The number of rotatable bonds is 4. The number of nitrogens with zero attached hydrogens (tertiary/aromatic N) is 3. The number of pyridine rings is 1. The minimum absolute atomic E-state index is 0.0171. The number of benzene rings is 1. The van der Waals surface area contributed by atoms with E-state index in [1.54, 1.807) is 12.1 Å². The molecule has 1 aliphatic heterocycles. The van der Waals surface area contributed by atoms with Crippen LogP contribution in [0.25, 0.3) is 10.9 Å². The van der Waals surface area contributed by atoms with E-state index in [2.05, 4.69) is 9.97 Å². The molecule has 8 heteroatoms. The first-order chi connectivity index (χ1) is 13.9. The molecule has 1 aromatic carbocycles. The van der Waals surface area contributed by atoms with Crippen LogP contribution in [-0.2, 0) is 11.2 Å². The van der Waals surface area contributed by atoms with Crippen molar-refractivity contribution in [1.29, 1.82) is 0 Å². The summed E-state index contributed by atoms with van der Waals surface area (Å²) in [6.07, 6.45) is 1.89. The van der Waals surface area contributed by atoms with Gasteiger partial charge in [-0.1, -0.05) is 0 Å². The number of fused-ring (bicyclic) bond motifs is 1. The summed E-state index contributed by atoms with van der Waals surface area (Å²) >= 11 is 1.53. The number of carbonyl (C=O) groups excluding carboxylic acids is 2. The summed E-state index contributed by atoms with van der Waals surface area (Å²) in [7, 11) is 0. The quantitative estimate of drug-likeness (QED) is 0.713. The van der Waals surface area contributed by atoms with Gasteiger partial charge in [-0.15, -0.1) is 11.3 Å². The van der Waals surface area contributed by atoms with Crippen LogP contribution in [0.2, 0.25) is 0 Å². The van der Waals surface area contributed by atoms with Gasteiger partial charge >= 0.3 is 0 Å². The van der Waals surface area contributed by atoms with Crippen molar-refractivity contribution in [1.82, 2.24) is 14.9 Å². The summed E-state index contributed by atoms with van der Waals surface area (Å²) in [5.41, 5.74) is 7.85. The van der Waals surface area contributed by atoms with Crippen LogP contribution in [0.1, 0.15) is 45.5 Å². The molecule has 0 bridgehead atoms. The molecule has 1 unspecified atom stereocenters. The van der Waals surface area contributed by atoms with Gasteiger partial charge in [0.25, 0.3) is 5.91 Å². The van der Waals surface area contributed by atoms with E-state index < -0.39 is 11.7 Å². The molecule has 1 fully saturated rings. The zero-order valence-electron chi connectivity index (χ0n) is 16.0. The van der Waals surface area contributed by atoms with Gasteiger partial charge in [0.15, 0.2) is 0 Å². The number of amides is 2. The highest BCUT2D eigenvalue weighted by atomic mass is 32.1. The monoisotopic (exact) mass is 412 g/mol. The summed E-state index contributed by atoms with van der Waals surface area (Å²) in [6, 6.07) is 5.87. The number of carbonyl (C=O) groups is 2. The largest absolute Gasteiger partial charge is 0.366 e. The van der Waals surface area contributed by atoms with Crippen molar-refractivity contribution in [3.8, 4) is 0 Å². The summed E-state index contributed by atoms with van der Waals surface area (Å²) in [5.74, 6) is -1.07. The fraction of sp³-hybridized carbons (Fsp3) is 0.333. The third-order valence-electron chi connectivity index (χ3n) is 5.23. The van der Waals surface area contributed by atoms with Crippen molar-refractivity contribution >= 4 is 34.1 Å². The number of halogens is 1. The molecule has 4 rings (SSSR count). The van der Waals surface area contributed by atoms with E-state index in [1.165, 1.54) is 23.5 Å². The first kappa shape index (κ1) is 19.4. The molecule has 1 saturated heterocycles. The summed E-state index contributed by atoms with van der Waals surface area (Å²) in [5, 5.41) is 3.38. The summed E-state index contributed by atoms with van der Waals surface area (Å²) in [6.45, 7) is 3.06. The minimum Gasteiger partial charge on any atom is -0.366 e. The van der Waals surface area contributed by atoms with Gasteiger partial charge in [0, 0.05) is 29.8 Å². The second-order valence-electron chi connectivity index (χ2n) is 7.34. The van der Waals surface area contributed by atoms with Gasteiger partial charge < -0.3 is 10.6 Å². The van der Waals surface area contributed by atoms with Crippen LogP contribution >= 0.6 is 11.3 Å². The number of thiazole rings is 1. The van der Waals surface area contributed by atoms with Crippen molar-refractivity contribution < 1.29 is 14.0 Å². The zero-order chi connectivity index (χ0) is 20.5. The van der Waals surface area contributed by atoms with Crippen molar-refractivity contribution in [3.05, 3.63) is 57.4 Å². The van der Waals surface area contributed by atoms with E-state index >= 15 is 0 Å². The maximum absolute atomic E-state index is 13.6. The number of hydrogen-bond donors (Lipinski definition) is 1. The third-order valence-corrected chi connectivity index (χ3v) is 6.05. The highest BCUT2D eigenvalue weighted by Crippen LogP contribution is 2.30. The number of aromatic nitrogens is 2.